The SMILES string of the molecule is C.CC(C)(O)C1CCC(N)CC1.CC(C)(O)C1CCC(Nc2cc(N)n3ncc(-c4cccc(OC(F)(F)F)c4)c3n2)CC1.FC(F)(F)Oc1cccc(-c2cnn3c(Cl)cc(Cl)nc23)c1.Nc1cc(Cl)nc2c(-c3cccc(OC(F)(F)F)c3)cnn12.O=P(Cl)(Cl)Cl.O=c1cc(O)n2ncc(-c3cccc(OC(F)(F)F)c3)c2[nH]1. The third-order valence-corrected chi connectivity index (χ3v) is 17.9. The molecular weight excluding hydrogens is 1690 g/mol. The molecule has 115 heavy (non-hydrogen) atoms. The van der Waals surface area contributed by atoms with Crippen LogP contribution in [-0.4, -0.2) is 122 Å². The van der Waals surface area contributed by atoms with Gasteiger partial charge in [-0.05, 0) is 195 Å². The molecule has 0 spiro atoms. The van der Waals surface area contributed by atoms with Crippen molar-refractivity contribution in [3.63, 3.8) is 0 Å². The molecule has 0 amide bonds. The van der Waals surface area contributed by atoms with Crippen LogP contribution in [0.5, 0.6) is 28.9 Å². The predicted molar refractivity (Wildman–Crippen MR) is 413 cm³/mol. The number of H-pyrrole nitrogens is 1. The summed E-state index contributed by atoms with van der Waals surface area (Å²) in [4.78, 5) is 26.7. The number of anilines is 3. The fraction of sp³-hybridized carbons (Fsp3) is 0.324. The number of aromatic hydroxyl groups is 1. The van der Waals surface area contributed by atoms with Crippen molar-refractivity contribution in [2.75, 3.05) is 16.8 Å². The number of ether oxygens (including phenoxy) is 4. The highest BCUT2D eigenvalue weighted by atomic mass is 36.0. The van der Waals surface area contributed by atoms with E-state index >= 15 is 0 Å². The van der Waals surface area contributed by atoms with Gasteiger partial charge in [-0.25, -0.2) is 19.5 Å². The zero-order valence-corrected chi connectivity index (χ0v) is 64.9. The van der Waals surface area contributed by atoms with Gasteiger partial charge in [-0.15, -0.1) is 52.7 Å². The number of halogens is 18. The topological polar surface area (TPSA) is 346 Å². The summed E-state index contributed by atoms with van der Waals surface area (Å²) in [5, 5.41) is 46.5. The second-order valence-electron chi connectivity index (χ2n) is 26.5. The number of aliphatic hydroxyl groups is 2. The van der Waals surface area contributed by atoms with Crippen LogP contribution in [-0.2, 0) is 4.57 Å². The standard InChI is InChI=1S/C22H26F3N5O2.C13H6Cl2F3N3O.C13H8ClF3N4O.C13H8F3N3O3.C9H19NO.CH4.Cl3OP/c1-21(2,31)14-6-8-15(9-7-14)28-19-11-18(26)30-20(29-19)17(12-27-30)13-4-3-5-16(10-13)32-22(23,24)25;14-10-5-11(15)21-12(20-10)9(6-19-21)7-2-1-3-8(4-7)22-13(16,17)18;14-10-5-11(18)21-12(20-10)9(6-19-21)7-2-1-3-8(4-7)22-13(15,16)17;14-13(15,16)22-8-3-1-2-7(4-8)9-6-17-19-11(21)5-10(20)18-12(9)19;1-9(2,11)7-3-5-8(10)6-4-7;;1-5(2,3)4/h3-5,10-12,14-15,31H,6-9,26H2,1-2H3,(H,28,29);1-6H;1-6H,18H2;1-6,21H,(H,18,20);7-8,11H,3-6,10H2,1-2H3;1H4;. The molecule has 0 radical (unpaired) electrons. The average molecular weight is 1760 g/mol. The van der Waals surface area contributed by atoms with Crippen LogP contribution in [0.15, 0.2) is 151 Å². The number of aromatic amines is 1. The maximum atomic E-state index is 12.6. The van der Waals surface area contributed by atoms with E-state index in [2.05, 4.69) is 98.3 Å². The van der Waals surface area contributed by atoms with E-state index in [0.717, 1.165) is 74.1 Å². The van der Waals surface area contributed by atoms with Crippen molar-refractivity contribution in [1.82, 2.24) is 58.4 Å². The van der Waals surface area contributed by atoms with Gasteiger partial charge in [0.15, 0.2) is 16.9 Å². The average Bonchev–Trinajstić information content (AvgIpc) is 1.68. The number of rotatable bonds is 12. The summed E-state index contributed by atoms with van der Waals surface area (Å²) in [5.74, 6) is 0.152. The van der Waals surface area contributed by atoms with Crippen molar-refractivity contribution in [3.05, 3.63) is 172 Å². The van der Waals surface area contributed by atoms with Gasteiger partial charge in [0.1, 0.15) is 61.6 Å². The maximum Gasteiger partial charge on any atom is 0.573 e. The van der Waals surface area contributed by atoms with E-state index in [1.807, 2.05) is 27.7 Å². The van der Waals surface area contributed by atoms with Gasteiger partial charge in [0, 0.05) is 52.5 Å². The third-order valence-electron chi connectivity index (χ3n) is 17.2. The minimum Gasteiger partial charge on any atom is -0.493 e. The Morgan fingerprint density at radius 3 is 1.21 bits per heavy atom. The molecule has 2 saturated carbocycles. The number of hydrogen-bond donors (Lipinski definition) is 8. The molecular formula is C71H71Cl6F12N16O9P. The van der Waals surface area contributed by atoms with Crippen LogP contribution in [0.3, 0.4) is 0 Å². The zero-order valence-electron chi connectivity index (χ0n) is 59.5. The van der Waals surface area contributed by atoms with Gasteiger partial charge in [0.25, 0.3) is 5.56 Å². The maximum absolute atomic E-state index is 12.6. The molecule has 620 valence electrons. The Labute approximate surface area is 674 Å². The van der Waals surface area contributed by atoms with E-state index in [1.54, 1.807) is 24.3 Å². The van der Waals surface area contributed by atoms with Gasteiger partial charge in [-0.2, -0.15) is 33.9 Å². The van der Waals surface area contributed by atoms with Crippen molar-refractivity contribution in [2.45, 2.75) is 135 Å². The molecule has 0 bridgehead atoms. The molecule has 11 N–H and O–H groups in total. The van der Waals surface area contributed by atoms with Gasteiger partial charge >= 0.3 is 30.6 Å². The molecule has 0 saturated heterocycles. The van der Waals surface area contributed by atoms with E-state index in [-0.39, 0.29) is 69.4 Å². The fourth-order valence-corrected chi connectivity index (χ4v) is 12.8. The van der Waals surface area contributed by atoms with Gasteiger partial charge in [0.05, 0.1) is 42.1 Å². The monoisotopic (exact) mass is 1760 g/mol. The molecule has 4 aromatic carbocycles. The van der Waals surface area contributed by atoms with Crippen LogP contribution in [0.4, 0.5) is 70.1 Å². The molecule has 0 unspecified atom stereocenters. The lowest BCUT2D eigenvalue weighted by Crippen LogP contribution is -2.37. The zero-order chi connectivity index (χ0) is 83.8. The Hall–Kier alpha value is -9.43. The third kappa shape index (κ3) is 26.8. The summed E-state index contributed by atoms with van der Waals surface area (Å²) < 4.78 is 179. The van der Waals surface area contributed by atoms with E-state index in [9.17, 15) is 77.4 Å². The summed E-state index contributed by atoms with van der Waals surface area (Å²) in [6.07, 6.45) is -5.44. The second kappa shape index (κ2) is 37.2. The Bertz CT molecular complexity index is 5280. The van der Waals surface area contributed by atoms with E-state index < -0.39 is 53.2 Å². The molecule has 12 aromatic rings. The second-order valence-corrected chi connectivity index (χ2v) is 34.3. The number of nitrogens with two attached hydrogens (primary N) is 3. The first-order chi connectivity index (χ1) is 53.0. The summed E-state index contributed by atoms with van der Waals surface area (Å²) in [6.45, 7) is 7.48. The van der Waals surface area contributed by atoms with Crippen molar-refractivity contribution in [1.29, 1.82) is 0 Å². The summed E-state index contributed by atoms with van der Waals surface area (Å²) in [7, 11) is 0. The molecule has 0 aliphatic heterocycles. The van der Waals surface area contributed by atoms with Crippen molar-refractivity contribution >= 4 is 114 Å². The van der Waals surface area contributed by atoms with Crippen LogP contribution in [0.25, 0.3) is 67.1 Å². The summed E-state index contributed by atoms with van der Waals surface area (Å²) >= 11 is 31.5. The van der Waals surface area contributed by atoms with Gasteiger partial charge < -0.3 is 61.8 Å². The molecule has 25 nitrogen and oxygen atoms in total. The Balaban J connectivity index is 0.000000181. The van der Waals surface area contributed by atoms with Crippen LogP contribution < -0.4 is 47.0 Å². The molecule has 14 rings (SSSR count). The summed E-state index contributed by atoms with van der Waals surface area (Å²) in [6, 6.07) is 27.9. The number of fused-ring (bicyclic) bond motifs is 4. The number of aromatic nitrogens is 12. The Kier molecular flexibility index (Phi) is 29.5. The number of hydrogen-bond acceptors (Lipinski definition) is 20. The summed E-state index contributed by atoms with van der Waals surface area (Å²) in [5.41, 5.74) is 20.8. The van der Waals surface area contributed by atoms with Gasteiger partial charge in [0.2, 0.25) is 5.88 Å². The van der Waals surface area contributed by atoms with E-state index in [0.29, 0.717) is 85.0 Å². The molecule has 0 atom stereocenters. The van der Waals surface area contributed by atoms with Gasteiger partial charge in [-0.3, -0.25) is 9.36 Å². The predicted octanol–water partition coefficient (Wildman–Crippen LogP) is 19.8. The molecule has 8 aromatic heterocycles. The molecule has 8 heterocycles. The lowest BCUT2D eigenvalue weighted by Gasteiger charge is -2.36. The molecule has 2 aliphatic rings. The first-order valence-electron chi connectivity index (χ1n) is 33.5. The van der Waals surface area contributed by atoms with Crippen molar-refractivity contribution in [3.8, 4) is 73.4 Å². The Morgan fingerprint density at radius 1 is 0.487 bits per heavy atom. The highest BCUT2D eigenvalue weighted by Gasteiger charge is 2.36. The van der Waals surface area contributed by atoms with Crippen LogP contribution in [0, 0.1) is 11.8 Å². The lowest BCUT2D eigenvalue weighted by molar-refractivity contribution is -0.275. The quantitative estimate of drug-likeness (QED) is 0.0320. The molecule has 2 aliphatic carbocycles. The van der Waals surface area contributed by atoms with Gasteiger partial charge in [-0.1, -0.05) is 90.8 Å². The molecule has 2 fully saturated rings. The lowest BCUT2D eigenvalue weighted by atomic mass is 9.77. The number of nitrogens with one attached hydrogen (secondary N) is 2. The first-order valence-corrected chi connectivity index (χ1v) is 39.1. The van der Waals surface area contributed by atoms with Crippen molar-refractivity contribution < 1.29 is 91.5 Å². The van der Waals surface area contributed by atoms with E-state index in [1.165, 1.54) is 117 Å². The highest BCUT2D eigenvalue weighted by molar-refractivity contribution is 8.24. The normalized spacial score (nSPS) is 16.0. The largest absolute Gasteiger partial charge is 0.573 e. The van der Waals surface area contributed by atoms with Crippen molar-refractivity contribution in [2.24, 2.45) is 17.6 Å². The Morgan fingerprint density at radius 2 is 0.817 bits per heavy atom. The molecule has 44 heteroatoms. The minimum absolute atomic E-state index is 0. The van der Waals surface area contributed by atoms with Crippen LogP contribution >= 0.6 is 73.7 Å². The highest BCUT2D eigenvalue weighted by Crippen LogP contribution is 2.61. The van der Waals surface area contributed by atoms with Crippen LogP contribution in [0.2, 0.25) is 15.5 Å². The minimum atomic E-state index is -4.80. The smallest absolute Gasteiger partial charge is 0.493 e. The van der Waals surface area contributed by atoms with Crippen LogP contribution in [0.1, 0.15) is 86.5 Å². The number of nitrogens with zero attached hydrogens (tertiary/aromatic N) is 11. The number of alkyl halides is 12. The first kappa shape index (κ1) is 91.1. The fourth-order valence-electron chi connectivity index (χ4n) is 12.1. The van der Waals surface area contributed by atoms with E-state index in [4.69, 9.17) is 52.0 Å². The number of nitrogen functional groups attached to an aromatic ring is 2. The number of benzene rings is 4.